The molecule has 0 radical (unpaired) electrons. The van der Waals surface area contributed by atoms with Gasteiger partial charge in [-0.1, -0.05) is 25.5 Å². The summed E-state index contributed by atoms with van der Waals surface area (Å²) in [6.45, 7) is 2.96. The molecular formula is C27H31F5O2. The average molecular weight is 483 g/mol. The molecule has 0 bridgehead atoms. The highest BCUT2D eigenvalue weighted by atomic mass is 19.3. The van der Waals surface area contributed by atoms with Gasteiger partial charge in [0.2, 0.25) is 0 Å². The normalized spacial score (nSPS) is 25.8. The van der Waals surface area contributed by atoms with Crippen LogP contribution in [0.25, 0.3) is 11.1 Å². The molecule has 2 aromatic carbocycles. The predicted octanol–water partition coefficient (Wildman–Crippen LogP) is 8.14. The molecular weight excluding hydrogens is 451 g/mol. The van der Waals surface area contributed by atoms with Crippen molar-refractivity contribution >= 4 is 0 Å². The first kappa shape index (κ1) is 25.0. The van der Waals surface area contributed by atoms with Crippen molar-refractivity contribution in [3.8, 4) is 16.9 Å². The van der Waals surface area contributed by atoms with Gasteiger partial charge < -0.3 is 9.47 Å². The van der Waals surface area contributed by atoms with Crippen LogP contribution in [0, 0.1) is 35.2 Å². The maximum Gasteiger partial charge on any atom is 0.400 e. The molecule has 0 amide bonds. The van der Waals surface area contributed by atoms with Crippen LogP contribution in [0.4, 0.5) is 22.0 Å². The van der Waals surface area contributed by atoms with Crippen molar-refractivity contribution in [1.82, 2.24) is 0 Å². The van der Waals surface area contributed by atoms with Gasteiger partial charge in [0.1, 0.15) is 5.75 Å². The number of hydrogen-bond acceptors (Lipinski definition) is 2. The molecule has 7 heteroatoms. The van der Waals surface area contributed by atoms with Crippen LogP contribution >= 0.6 is 0 Å². The highest BCUT2D eigenvalue weighted by molar-refractivity contribution is 5.64. The predicted molar refractivity (Wildman–Crippen MR) is 120 cm³/mol. The monoisotopic (exact) mass is 482 g/mol. The number of ether oxygens (including phenoxy) is 2. The highest BCUT2D eigenvalue weighted by Crippen LogP contribution is 2.43. The van der Waals surface area contributed by atoms with E-state index in [4.69, 9.17) is 9.47 Å². The highest BCUT2D eigenvalue weighted by Gasteiger charge is 2.45. The molecule has 1 heterocycles. The summed E-state index contributed by atoms with van der Waals surface area (Å²) in [5.41, 5.74) is 0.474. The van der Waals surface area contributed by atoms with Crippen molar-refractivity contribution in [2.75, 3.05) is 6.61 Å². The van der Waals surface area contributed by atoms with E-state index in [1.54, 1.807) is 0 Å². The largest absolute Gasteiger partial charge is 0.432 e. The molecule has 2 nitrogen and oxygen atoms in total. The fourth-order valence-corrected chi connectivity index (χ4v) is 5.34. The van der Waals surface area contributed by atoms with Gasteiger partial charge in [-0.05, 0) is 92.2 Å². The molecule has 0 spiro atoms. The van der Waals surface area contributed by atoms with Gasteiger partial charge in [-0.15, -0.1) is 0 Å². The van der Waals surface area contributed by atoms with Gasteiger partial charge in [0.15, 0.2) is 17.5 Å². The molecule has 1 saturated heterocycles. The van der Waals surface area contributed by atoms with Crippen LogP contribution in [0.15, 0.2) is 36.4 Å². The number of hydrogen-bond donors (Lipinski definition) is 0. The van der Waals surface area contributed by atoms with E-state index in [1.165, 1.54) is 30.7 Å². The van der Waals surface area contributed by atoms with Gasteiger partial charge in [-0.25, -0.2) is 13.2 Å². The third-order valence-electron chi connectivity index (χ3n) is 7.30. The number of rotatable bonds is 7. The van der Waals surface area contributed by atoms with Crippen molar-refractivity contribution < 1.29 is 31.4 Å². The lowest BCUT2D eigenvalue weighted by molar-refractivity contribution is -0.225. The number of halogens is 5. The zero-order valence-corrected chi connectivity index (χ0v) is 19.3. The Morgan fingerprint density at radius 2 is 1.53 bits per heavy atom. The maximum absolute atomic E-state index is 14.9. The Bertz CT molecular complexity index is 923. The fraction of sp³-hybridized carbons (Fsp3) is 0.556. The summed E-state index contributed by atoms with van der Waals surface area (Å²) in [5, 5.41) is 0. The first-order valence-corrected chi connectivity index (χ1v) is 12.2. The molecule has 2 aliphatic rings. The Morgan fingerprint density at radius 1 is 0.882 bits per heavy atom. The van der Waals surface area contributed by atoms with Gasteiger partial charge in [0, 0.05) is 6.61 Å². The van der Waals surface area contributed by atoms with Gasteiger partial charge in [-0.3, -0.25) is 0 Å². The Balaban J connectivity index is 1.31. The third kappa shape index (κ3) is 5.73. The summed E-state index contributed by atoms with van der Waals surface area (Å²) >= 11 is 0. The van der Waals surface area contributed by atoms with E-state index in [-0.39, 0.29) is 17.4 Å². The second-order valence-corrected chi connectivity index (χ2v) is 9.66. The molecule has 0 N–H and O–H groups in total. The fourth-order valence-electron chi connectivity index (χ4n) is 5.34. The summed E-state index contributed by atoms with van der Waals surface area (Å²) in [4.78, 5) is 0. The molecule has 34 heavy (non-hydrogen) atoms. The topological polar surface area (TPSA) is 18.5 Å². The van der Waals surface area contributed by atoms with Crippen LogP contribution < -0.4 is 4.74 Å². The number of alkyl halides is 2. The molecule has 4 rings (SSSR count). The summed E-state index contributed by atoms with van der Waals surface area (Å²) in [7, 11) is 0. The number of benzene rings is 2. The zero-order chi connectivity index (χ0) is 24.3. The van der Waals surface area contributed by atoms with Crippen LogP contribution in [-0.4, -0.2) is 18.8 Å². The maximum atomic E-state index is 14.9. The van der Waals surface area contributed by atoms with Crippen molar-refractivity contribution in [3.05, 3.63) is 53.8 Å². The standard InChI is InChI=1S/C27H31F5O2/c1-2-3-17-4-13-25(33-16-17)19-5-9-21(10-6-19)27(31,32)34-22-11-7-18(8-12-22)20-14-23(28)26(30)24(29)15-20/h7-8,11-12,14-15,17,19,21,25H,2-6,9-10,13,16H2,1H3. The summed E-state index contributed by atoms with van der Waals surface area (Å²) in [5.74, 6) is -4.12. The Morgan fingerprint density at radius 3 is 2.09 bits per heavy atom. The average Bonchev–Trinajstić information content (AvgIpc) is 2.83. The van der Waals surface area contributed by atoms with E-state index in [0.29, 0.717) is 43.1 Å². The van der Waals surface area contributed by atoms with Gasteiger partial charge in [0.25, 0.3) is 0 Å². The van der Waals surface area contributed by atoms with Crippen molar-refractivity contribution in [1.29, 1.82) is 0 Å². The van der Waals surface area contributed by atoms with Gasteiger partial charge in [-0.2, -0.15) is 8.78 Å². The van der Waals surface area contributed by atoms with E-state index in [0.717, 1.165) is 38.0 Å². The molecule has 2 aromatic rings. The van der Waals surface area contributed by atoms with E-state index in [2.05, 4.69) is 6.92 Å². The molecule has 2 fully saturated rings. The van der Waals surface area contributed by atoms with Crippen LogP contribution in [0.2, 0.25) is 0 Å². The smallest absolute Gasteiger partial charge is 0.400 e. The minimum atomic E-state index is -3.32. The second-order valence-electron chi connectivity index (χ2n) is 9.66. The molecule has 186 valence electrons. The Kier molecular flexibility index (Phi) is 7.80. The summed E-state index contributed by atoms with van der Waals surface area (Å²) < 4.78 is 81.0. The Hall–Kier alpha value is -2.15. The minimum Gasteiger partial charge on any atom is -0.432 e. The molecule has 1 aliphatic heterocycles. The summed E-state index contributed by atoms with van der Waals surface area (Å²) in [6, 6.07) is 7.22. The zero-order valence-electron chi connectivity index (χ0n) is 19.3. The molecule has 1 aliphatic carbocycles. The first-order chi connectivity index (χ1) is 16.3. The lowest BCUT2D eigenvalue weighted by Crippen LogP contribution is -2.40. The van der Waals surface area contributed by atoms with E-state index < -0.39 is 29.5 Å². The van der Waals surface area contributed by atoms with Crippen molar-refractivity contribution in [3.63, 3.8) is 0 Å². The van der Waals surface area contributed by atoms with Gasteiger partial charge in [0.05, 0.1) is 12.0 Å². The SMILES string of the molecule is CCCC1CCC(C2CCC(C(F)(F)Oc3ccc(-c4cc(F)c(F)c(F)c4)cc3)CC2)OC1. The molecule has 2 atom stereocenters. The van der Waals surface area contributed by atoms with Crippen molar-refractivity contribution in [2.24, 2.45) is 17.8 Å². The van der Waals surface area contributed by atoms with E-state index in [9.17, 15) is 22.0 Å². The quantitative estimate of drug-likeness (QED) is 0.293. The van der Waals surface area contributed by atoms with E-state index in [1.807, 2.05) is 0 Å². The molecule has 0 aromatic heterocycles. The summed E-state index contributed by atoms with van der Waals surface area (Å²) in [6.07, 6.45) is 3.53. The van der Waals surface area contributed by atoms with Crippen LogP contribution in [0.3, 0.4) is 0 Å². The second kappa shape index (κ2) is 10.6. The third-order valence-corrected chi connectivity index (χ3v) is 7.30. The van der Waals surface area contributed by atoms with Crippen LogP contribution in [0.5, 0.6) is 5.75 Å². The lowest BCUT2D eigenvalue weighted by atomic mass is 9.76. The van der Waals surface area contributed by atoms with Gasteiger partial charge >= 0.3 is 6.11 Å². The lowest BCUT2D eigenvalue weighted by Gasteiger charge is -2.39. The van der Waals surface area contributed by atoms with Crippen LogP contribution in [-0.2, 0) is 4.74 Å². The van der Waals surface area contributed by atoms with E-state index >= 15 is 0 Å². The van der Waals surface area contributed by atoms with Crippen molar-refractivity contribution in [2.45, 2.75) is 70.5 Å². The molecule has 2 unspecified atom stereocenters. The molecule has 1 saturated carbocycles. The first-order valence-electron chi connectivity index (χ1n) is 12.2. The Labute approximate surface area is 197 Å². The minimum absolute atomic E-state index is 0.0310. The van der Waals surface area contributed by atoms with Crippen LogP contribution in [0.1, 0.15) is 58.3 Å².